The summed E-state index contributed by atoms with van der Waals surface area (Å²) in [5.74, 6) is -1.85. The molecule has 1 unspecified atom stereocenters. The number of amides is 3. The maximum Gasteiger partial charge on any atom is 0.262 e. The summed E-state index contributed by atoms with van der Waals surface area (Å²) in [7, 11) is -3.40. The molecule has 0 saturated heterocycles. The van der Waals surface area contributed by atoms with E-state index in [1.165, 1.54) is 0 Å². The van der Waals surface area contributed by atoms with Crippen LogP contribution in [0.5, 0.6) is 0 Å². The highest BCUT2D eigenvalue weighted by Crippen LogP contribution is 2.32. The molecule has 0 saturated carbocycles. The molecule has 4 rings (SSSR count). The fraction of sp³-hybridized carbons (Fsp3) is 0.348. The maximum atomic E-state index is 13.7. The molecule has 1 atom stereocenters. The summed E-state index contributed by atoms with van der Waals surface area (Å²) in [6, 6.07) is 11.0. The van der Waals surface area contributed by atoms with E-state index < -0.39 is 33.6 Å². The second-order valence-electron chi connectivity index (χ2n) is 8.19. The minimum atomic E-state index is -3.40. The van der Waals surface area contributed by atoms with Crippen molar-refractivity contribution in [2.24, 2.45) is 0 Å². The molecule has 2 heterocycles. The first-order chi connectivity index (χ1) is 14.7. The molecule has 0 aromatic heterocycles. The molecule has 2 aromatic carbocycles. The van der Waals surface area contributed by atoms with Crippen molar-refractivity contribution in [2.75, 3.05) is 23.5 Å². The van der Waals surface area contributed by atoms with E-state index in [-0.39, 0.29) is 23.3 Å². The Hall–Kier alpha value is -3.00. The predicted molar refractivity (Wildman–Crippen MR) is 117 cm³/mol. The topological polar surface area (TPSA) is 91.8 Å². The van der Waals surface area contributed by atoms with Crippen molar-refractivity contribution in [3.63, 3.8) is 0 Å². The first-order valence-electron chi connectivity index (χ1n) is 10.2. The van der Waals surface area contributed by atoms with E-state index >= 15 is 0 Å². The largest absolute Gasteiger partial charge is 0.310 e. The molecule has 162 valence electrons. The lowest BCUT2D eigenvalue weighted by Crippen LogP contribution is -2.52. The zero-order valence-electron chi connectivity index (χ0n) is 17.5. The molecule has 0 N–H and O–H groups in total. The van der Waals surface area contributed by atoms with Crippen LogP contribution in [0.2, 0.25) is 0 Å². The third-order valence-electron chi connectivity index (χ3n) is 5.80. The van der Waals surface area contributed by atoms with Gasteiger partial charge in [-0.3, -0.25) is 19.3 Å². The lowest BCUT2D eigenvalue weighted by atomic mass is 9.98. The predicted octanol–water partition coefficient (Wildman–Crippen LogP) is 2.37. The Bertz CT molecular complexity index is 1150. The van der Waals surface area contributed by atoms with E-state index in [2.05, 4.69) is 0 Å². The number of fused-ring (bicyclic) bond motifs is 2. The molecule has 8 heteroatoms. The number of benzene rings is 2. The van der Waals surface area contributed by atoms with Crippen molar-refractivity contribution < 1.29 is 22.8 Å². The van der Waals surface area contributed by atoms with E-state index in [1.807, 2.05) is 25.1 Å². The summed E-state index contributed by atoms with van der Waals surface area (Å²) in [4.78, 5) is 42.3. The van der Waals surface area contributed by atoms with Gasteiger partial charge >= 0.3 is 0 Å². The number of hydrogen-bond acceptors (Lipinski definition) is 5. The van der Waals surface area contributed by atoms with Crippen LogP contribution in [-0.2, 0) is 21.1 Å². The Balaban J connectivity index is 1.72. The van der Waals surface area contributed by atoms with Crippen LogP contribution in [0.1, 0.15) is 44.7 Å². The Morgan fingerprint density at radius 2 is 1.71 bits per heavy atom. The number of anilines is 1. The van der Waals surface area contributed by atoms with Crippen LogP contribution < -0.4 is 4.90 Å². The number of imide groups is 1. The van der Waals surface area contributed by atoms with Gasteiger partial charge in [0.2, 0.25) is 5.91 Å². The summed E-state index contributed by atoms with van der Waals surface area (Å²) >= 11 is 0. The van der Waals surface area contributed by atoms with Crippen molar-refractivity contribution in [1.29, 1.82) is 0 Å². The van der Waals surface area contributed by atoms with Gasteiger partial charge in [0.15, 0.2) is 0 Å². The van der Waals surface area contributed by atoms with Crippen LogP contribution in [0.4, 0.5) is 5.69 Å². The molecule has 2 aliphatic heterocycles. The Morgan fingerprint density at radius 3 is 2.32 bits per heavy atom. The molecule has 0 bridgehead atoms. The summed E-state index contributed by atoms with van der Waals surface area (Å²) in [5.41, 5.74) is 3.34. The fourth-order valence-corrected chi connectivity index (χ4v) is 4.97. The summed E-state index contributed by atoms with van der Waals surface area (Å²) in [6.07, 6.45) is 2.53. The van der Waals surface area contributed by atoms with E-state index in [1.54, 1.807) is 29.2 Å². The standard InChI is InChI=1S/C23H24N2O5S/c1-15-9-10-19-16(14-15)6-5-12-24(19)23(28)20(11-13-31(2,29)30)25-21(26)17-7-3-4-8-18(17)22(25)27/h3-4,7-10,14,20H,5-6,11-13H2,1-2H3. The third-order valence-corrected chi connectivity index (χ3v) is 6.78. The van der Waals surface area contributed by atoms with E-state index in [9.17, 15) is 22.8 Å². The number of carbonyl (C=O) groups excluding carboxylic acids is 3. The lowest BCUT2D eigenvalue weighted by Gasteiger charge is -2.35. The SMILES string of the molecule is Cc1ccc2c(c1)CCCN2C(=O)C(CCS(C)(=O)=O)N1C(=O)c2ccccc2C1=O. The molecular formula is C23H24N2O5S. The monoisotopic (exact) mass is 440 g/mol. The van der Waals surface area contributed by atoms with E-state index in [0.29, 0.717) is 6.54 Å². The van der Waals surface area contributed by atoms with E-state index in [0.717, 1.165) is 40.8 Å². The highest BCUT2D eigenvalue weighted by Gasteiger charge is 2.44. The van der Waals surface area contributed by atoms with Gasteiger partial charge in [-0.2, -0.15) is 0 Å². The minimum absolute atomic E-state index is 0.138. The third kappa shape index (κ3) is 3.99. The molecule has 31 heavy (non-hydrogen) atoms. The summed E-state index contributed by atoms with van der Waals surface area (Å²) in [5, 5.41) is 0. The average Bonchev–Trinajstić information content (AvgIpc) is 2.98. The highest BCUT2D eigenvalue weighted by molar-refractivity contribution is 7.90. The summed E-state index contributed by atoms with van der Waals surface area (Å²) < 4.78 is 23.7. The van der Waals surface area contributed by atoms with E-state index in [4.69, 9.17) is 0 Å². The maximum absolute atomic E-state index is 13.7. The van der Waals surface area contributed by atoms with Gasteiger partial charge in [0.1, 0.15) is 15.9 Å². The van der Waals surface area contributed by atoms with Gasteiger partial charge in [0.25, 0.3) is 11.8 Å². The number of aryl methyl sites for hydroxylation is 2. The van der Waals surface area contributed by atoms with Crippen LogP contribution in [0, 0.1) is 6.92 Å². The zero-order valence-corrected chi connectivity index (χ0v) is 18.3. The average molecular weight is 441 g/mol. The van der Waals surface area contributed by atoms with Crippen LogP contribution in [0.25, 0.3) is 0 Å². The first kappa shape index (κ1) is 21.2. The second kappa shape index (κ2) is 7.92. The van der Waals surface area contributed by atoms with Gasteiger partial charge in [0.05, 0.1) is 16.9 Å². The number of carbonyl (C=O) groups is 3. The molecule has 0 spiro atoms. The van der Waals surface area contributed by atoms with Crippen LogP contribution in [0.3, 0.4) is 0 Å². The van der Waals surface area contributed by atoms with Crippen LogP contribution in [-0.4, -0.2) is 55.6 Å². The molecule has 0 aliphatic carbocycles. The fourth-order valence-electron chi connectivity index (χ4n) is 4.31. The van der Waals surface area contributed by atoms with Gasteiger partial charge in [-0.05, 0) is 49.9 Å². The van der Waals surface area contributed by atoms with Gasteiger partial charge in [-0.1, -0.05) is 29.8 Å². The second-order valence-corrected chi connectivity index (χ2v) is 10.4. The molecule has 3 amide bonds. The van der Waals surface area contributed by atoms with Gasteiger partial charge in [0, 0.05) is 18.5 Å². The lowest BCUT2D eigenvalue weighted by molar-refractivity contribution is -0.122. The number of rotatable bonds is 5. The van der Waals surface area contributed by atoms with Crippen molar-refractivity contribution in [3.8, 4) is 0 Å². The van der Waals surface area contributed by atoms with Crippen LogP contribution in [0.15, 0.2) is 42.5 Å². The number of nitrogens with zero attached hydrogens (tertiary/aromatic N) is 2. The molecule has 2 aliphatic rings. The zero-order chi connectivity index (χ0) is 22.3. The first-order valence-corrected chi connectivity index (χ1v) is 12.3. The minimum Gasteiger partial charge on any atom is -0.310 e. The smallest absolute Gasteiger partial charge is 0.262 e. The Labute approximate surface area is 181 Å². The number of sulfone groups is 1. The molecular weight excluding hydrogens is 416 g/mol. The Morgan fingerprint density at radius 1 is 1.06 bits per heavy atom. The highest BCUT2D eigenvalue weighted by atomic mass is 32.2. The van der Waals surface area contributed by atoms with Gasteiger partial charge in [-0.15, -0.1) is 0 Å². The molecule has 0 radical (unpaired) electrons. The van der Waals surface area contributed by atoms with Crippen molar-refractivity contribution in [1.82, 2.24) is 4.90 Å². The molecule has 0 fully saturated rings. The van der Waals surface area contributed by atoms with Gasteiger partial charge in [-0.25, -0.2) is 8.42 Å². The Kier molecular flexibility index (Phi) is 5.43. The molecule has 2 aromatic rings. The van der Waals surface area contributed by atoms with Crippen LogP contribution >= 0.6 is 0 Å². The number of hydrogen-bond donors (Lipinski definition) is 0. The molecule has 7 nitrogen and oxygen atoms in total. The van der Waals surface area contributed by atoms with Crippen molar-refractivity contribution >= 4 is 33.2 Å². The van der Waals surface area contributed by atoms with Gasteiger partial charge < -0.3 is 4.90 Å². The van der Waals surface area contributed by atoms with Crippen molar-refractivity contribution in [3.05, 3.63) is 64.7 Å². The quantitative estimate of drug-likeness (QED) is 0.666. The summed E-state index contributed by atoms with van der Waals surface area (Å²) in [6.45, 7) is 2.43. The van der Waals surface area contributed by atoms with Crippen molar-refractivity contribution in [2.45, 2.75) is 32.2 Å². The normalized spacial score (nSPS) is 16.8.